The number of aryl methyl sites for hydroxylation is 1. The van der Waals surface area contributed by atoms with E-state index < -0.39 is 17.9 Å². The second-order valence-electron chi connectivity index (χ2n) is 3.84. The van der Waals surface area contributed by atoms with E-state index in [0.29, 0.717) is 5.69 Å². The first kappa shape index (κ1) is 13.8. The summed E-state index contributed by atoms with van der Waals surface area (Å²) in [5.41, 5.74) is 0.676. The van der Waals surface area contributed by atoms with E-state index in [2.05, 4.69) is 31.2 Å². The lowest BCUT2D eigenvalue weighted by Crippen LogP contribution is -2.03. The zero-order chi connectivity index (χ0) is 14.0. The van der Waals surface area contributed by atoms with E-state index >= 15 is 0 Å². The van der Waals surface area contributed by atoms with Gasteiger partial charge in [0.05, 0.1) is 11.9 Å². The summed E-state index contributed by atoms with van der Waals surface area (Å²) in [6.07, 6.45) is -2.26. The number of hydrogen-bond acceptors (Lipinski definition) is 3. The van der Waals surface area contributed by atoms with Crippen LogP contribution in [0.4, 0.5) is 24.8 Å². The number of anilines is 2. The number of nitrogens with zero attached hydrogens (tertiary/aromatic N) is 2. The summed E-state index contributed by atoms with van der Waals surface area (Å²) in [4.78, 5) is 7.11. The van der Waals surface area contributed by atoms with Crippen molar-refractivity contribution in [3.8, 4) is 0 Å². The monoisotopic (exact) mass is 331 g/mol. The second-order valence-corrected chi connectivity index (χ2v) is 4.69. The molecule has 1 aromatic carbocycles. The maximum atomic E-state index is 13.1. The first-order valence-electron chi connectivity index (χ1n) is 5.31. The lowest BCUT2D eigenvalue weighted by Gasteiger charge is -2.09. The molecule has 0 aliphatic carbocycles. The Hall–Kier alpha value is -1.63. The molecular formula is C12H9BrF3N3. The highest BCUT2D eigenvalue weighted by Gasteiger charge is 2.17. The molecule has 1 aromatic heterocycles. The van der Waals surface area contributed by atoms with E-state index in [1.165, 1.54) is 0 Å². The van der Waals surface area contributed by atoms with E-state index in [4.69, 9.17) is 0 Å². The predicted molar refractivity (Wildman–Crippen MR) is 69.1 cm³/mol. The lowest BCUT2D eigenvalue weighted by atomic mass is 10.2. The number of benzene rings is 1. The van der Waals surface area contributed by atoms with Crippen LogP contribution in [0.1, 0.15) is 17.7 Å². The largest absolute Gasteiger partial charge is 0.323 e. The van der Waals surface area contributed by atoms with Gasteiger partial charge < -0.3 is 5.32 Å². The van der Waals surface area contributed by atoms with Crippen LogP contribution in [0.15, 0.2) is 28.9 Å². The van der Waals surface area contributed by atoms with Crippen LogP contribution in [0.25, 0.3) is 0 Å². The molecule has 0 spiro atoms. The van der Waals surface area contributed by atoms with Gasteiger partial charge in [0.15, 0.2) is 5.82 Å². The van der Waals surface area contributed by atoms with Gasteiger partial charge in [-0.25, -0.2) is 23.1 Å². The predicted octanol–water partition coefficient (Wildman–Crippen LogP) is 4.37. The molecule has 0 fully saturated rings. The standard InChI is InChI=1S/C12H9BrF3N3/c1-6-2-3-7(13)9(4-6)18-12-17-5-8(14)10(19-12)11(15)16/h2-5,11H,1H3,(H,17,18,19). The minimum Gasteiger partial charge on any atom is -0.323 e. The van der Waals surface area contributed by atoms with Gasteiger partial charge >= 0.3 is 0 Å². The lowest BCUT2D eigenvalue weighted by molar-refractivity contribution is 0.140. The quantitative estimate of drug-likeness (QED) is 0.907. The van der Waals surface area contributed by atoms with Crippen LogP contribution < -0.4 is 5.32 Å². The Morgan fingerprint density at radius 1 is 1.32 bits per heavy atom. The van der Waals surface area contributed by atoms with E-state index in [-0.39, 0.29) is 5.95 Å². The molecule has 7 heteroatoms. The van der Waals surface area contributed by atoms with Crippen molar-refractivity contribution < 1.29 is 13.2 Å². The first-order chi connectivity index (χ1) is 8.97. The van der Waals surface area contributed by atoms with Crippen molar-refractivity contribution in [3.63, 3.8) is 0 Å². The molecule has 0 aliphatic heterocycles. The van der Waals surface area contributed by atoms with E-state index in [9.17, 15) is 13.2 Å². The number of aromatic nitrogens is 2. The average Bonchev–Trinajstić information content (AvgIpc) is 2.36. The summed E-state index contributed by atoms with van der Waals surface area (Å²) in [6.45, 7) is 1.88. The maximum Gasteiger partial charge on any atom is 0.283 e. The van der Waals surface area contributed by atoms with Gasteiger partial charge in [0.1, 0.15) is 5.69 Å². The summed E-state index contributed by atoms with van der Waals surface area (Å²) in [7, 11) is 0. The molecule has 0 radical (unpaired) electrons. The zero-order valence-electron chi connectivity index (χ0n) is 9.79. The fourth-order valence-electron chi connectivity index (χ4n) is 1.45. The van der Waals surface area contributed by atoms with Crippen molar-refractivity contribution in [2.45, 2.75) is 13.3 Å². The molecule has 0 saturated heterocycles. The van der Waals surface area contributed by atoms with Gasteiger partial charge in [-0.3, -0.25) is 0 Å². The van der Waals surface area contributed by atoms with Gasteiger partial charge in [-0.2, -0.15) is 0 Å². The van der Waals surface area contributed by atoms with Crippen LogP contribution in [-0.2, 0) is 0 Å². The topological polar surface area (TPSA) is 37.8 Å². The third-order valence-electron chi connectivity index (χ3n) is 2.35. The van der Waals surface area contributed by atoms with Gasteiger partial charge in [-0.15, -0.1) is 0 Å². The summed E-state index contributed by atoms with van der Waals surface area (Å²) >= 11 is 3.31. The van der Waals surface area contributed by atoms with E-state index in [1.807, 2.05) is 13.0 Å². The van der Waals surface area contributed by atoms with Crippen molar-refractivity contribution in [2.75, 3.05) is 5.32 Å². The summed E-state index contributed by atoms with van der Waals surface area (Å²) in [5.74, 6) is -1.20. The molecule has 0 atom stereocenters. The van der Waals surface area contributed by atoms with E-state index in [1.54, 1.807) is 12.1 Å². The fourth-order valence-corrected chi connectivity index (χ4v) is 1.79. The Morgan fingerprint density at radius 3 is 2.74 bits per heavy atom. The Labute approximate surface area is 116 Å². The highest BCUT2D eigenvalue weighted by molar-refractivity contribution is 9.10. The minimum atomic E-state index is -2.98. The Bertz CT molecular complexity index is 605. The highest BCUT2D eigenvalue weighted by atomic mass is 79.9. The highest BCUT2D eigenvalue weighted by Crippen LogP contribution is 2.27. The van der Waals surface area contributed by atoms with Crippen molar-refractivity contribution in [3.05, 3.63) is 45.9 Å². The van der Waals surface area contributed by atoms with Crippen LogP contribution in [0.5, 0.6) is 0 Å². The van der Waals surface area contributed by atoms with Gasteiger partial charge in [0.25, 0.3) is 6.43 Å². The van der Waals surface area contributed by atoms with Crippen molar-refractivity contribution in [1.29, 1.82) is 0 Å². The molecular weight excluding hydrogens is 323 g/mol. The number of hydrogen-bond donors (Lipinski definition) is 1. The summed E-state index contributed by atoms with van der Waals surface area (Å²) < 4.78 is 38.8. The number of rotatable bonds is 3. The third-order valence-corrected chi connectivity index (χ3v) is 3.04. The maximum absolute atomic E-state index is 13.1. The molecule has 19 heavy (non-hydrogen) atoms. The summed E-state index contributed by atoms with van der Waals surface area (Å²) in [5, 5.41) is 2.77. The van der Waals surface area contributed by atoms with Crippen molar-refractivity contribution in [1.82, 2.24) is 9.97 Å². The number of nitrogens with one attached hydrogen (secondary N) is 1. The SMILES string of the molecule is Cc1ccc(Br)c(Nc2ncc(F)c(C(F)F)n2)c1. The second kappa shape index (κ2) is 5.56. The molecule has 2 aromatic rings. The van der Waals surface area contributed by atoms with Crippen molar-refractivity contribution >= 4 is 27.6 Å². The van der Waals surface area contributed by atoms with Gasteiger partial charge in [-0.1, -0.05) is 6.07 Å². The normalized spacial score (nSPS) is 10.8. The molecule has 0 amide bonds. The molecule has 0 saturated carbocycles. The first-order valence-corrected chi connectivity index (χ1v) is 6.10. The molecule has 100 valence electrons. The molecule has 0 unspecified atom stereocenters. The van der Waals surface area contributed by atoms with Crippen LogP contribution in [0, 0.1) is 12.7 Å². The smallest absolute Gasteiger partial charge is 0.283 e. The van der Waals surface area contributed by atoms with Crippen LogP contribution in [0.2, 0.25) is 0 Å². The molecule has 0 aliphatic rings. The average molecular weight is 332 g/mol. The molecule has 0 bridgehead atoms. The molecule has 1 heterocycles. The fraction of sp³-hybridized carbons (Fsp3) is 0.167. The van der Waals surface area contributed by atoms with Crippen LogP contribution >= 0.6 is 15.9 Å². The van der Waals surface area contributed by atoms with Crippen molar-refractivity contribution in [2.24, 2.45) is 0 Å². The summed E-state index contributed by atoms with van der Waals surface area (Å²) in [6, 6.07) is 5.47. The Kier molecular flexibility index (Phi) is 4.04. The third kappa shape index (κ3) is 3.23. The van der Waals surface area contributed by atoms with Crippen LogP contribution in [0.3, 0.4) is 0 Å². The minimum absolute atomic E-state index is 0.0806. The van der Waals surface area contributed by atoms with Gasteiger partial charge in [0, 0.05) is 4.47 Å². The zero-order valence-corrected chi connectivity index (χ0v) is 11.4. The molecule has 1 N–H and O–H groups in total. The van der Waals surface area contributed by atoms with Gasteiger partial charge in [-0.05, 0) is 40.5 Å². The Balaban J connectivity index is 2.33. The molecule has 2 rings (SSSR count). The molecule has 3 nitrogen and oxygen atoms in total. The number of alkyl halides is 2. The number of halogens is 4. The van der Waals surface area contributed by atoms with Gasteiger partial charge in [0.2, 0.25) is 5.95 Å². The Morgan fingerprint density at radius 2 is 2.05 bits per heavy atom. The van der Waals surface area contributed by atoms with Crippen LogP contribution in [-0.4, -0.2) is 9.97 Å². The van der Waals surface area contributed by atoms with E-state index in [0.717, 1.165) is 16.2 Å².